The minimum Gasteiger partial charge on any atom is -0.293 e. The number of halogens is 1. The van der Waals surface area contributed by atoms with Crippen molar-refractivity contribution in [3.63, 3.8) is 0 Å². The van der Waals surface area contributed by atoms with Crippen molar-refractivity contribution in [2.75, 3.05) is 6.54 Å². The first-order valence-corrected chi connectivity index (χ1v) is 13.8. The lowest BCUT2D eigenvalue weighted by Gasteiger charge is -2.35. The van der Waals surface area contributed by atoms with E-state index in [9.17, 15) is 28.1 Å². The molecule has 11 heteroatoms. The Morgan fingerprint density at radius 2 is 1.48 bits per heavy atom. The molecule has 1 aliphatic rings. The number of carbonyl (C=O) groups excluding carboxylic acids is 2. The Bertz CT molecular complexity index is 1760. The van der Waals surface area contributed by atoms with E-state index in [1.807, 2.05) is 0 Å². The van der Waals surface area contributed by atoms with Crippen molar-refractivity contribution >= 4 is 50.3 Å². The fraction of sp³-hybridized carbons (Fsp3) is 0.0690. The van der Waals surface area contributed by atoms with Gasteiger partial charge >= 0.3 is 0 Å². The van der Waals surface area contributed by atoms with Crippen LogP contribution in [0, 0.1) is 10.1 Å². The third-order valence-electron chi connectivity index (χ3n) is 6.38. The van der Waals surface area contributed by atoms with Gasteiger partial charge in [0.15, 0.2) is 11.6 Å². The monoisotopic (exact) mass is 573 g/mol. The van der Waals surface area contributed by atoms with Crippen LogP contribution in [-0.2, 0) is 10.0 Å². The minimum absolute atomic E-state index is 0.0572. The number of Topliss-reactive ketones (excluding diaryl/α,β-unsaturated/α-hetero) is 2. The normalized spacial score (nSPS) is 17.2. The van der Waals surface area contributed by atoms with Crippen LogP contribution in [0.5, 0.6) is 0 Å². The van der Waals surface area contributed by atoms with Gasteiger partial charge in [0.25, 0.3) is 5.69 Å². The number of nitro benzene ring substituents is 1. The molecule has 200 valence electrons. The maximum absolute atomic E-state index is 14.0. The fourth-order valence-electron chi connectivity index (χ4n) is 4.42. The van der Waals surface area contributed by atoms with Crippen LogP contribution in [0.2, 0.25) is 5.02 Å². The van der Waals surface area contributed by atoms with Crippen LogP contribution in [-0.4, -0.2) is 47.5 Å². The summed E-state index contributed by atoms with van der Waals surface area (Å²) >= 11 is 6.03. The van der Waals surface area contributed by atoms with Crippen LogP contribution in [0.4, 0.5) is 11.4 Å². The molecule has 4 aromatic carbocycles. The van der Waals surface area contributed by atoms with E-state index in [4.69, 9.17) is 16.6 Å². The zero-order valence-electron chi connectivity index (χ0n) is 20.7. The predicted octanol–water partition coefficient (Wildman–Crippen LogP) is 5.51. The highest BCUT2D eigenvalue weighted by atomic mass is 35.5. The highest BCUT2D eigenvalue weighted by molar-refractivity contribution is 7.89. The van der Waals surface area contributed by atoms with Gasteiger partial charge in [0.1, 0.15) is 6.04 Å². The summed E-state index contributed by atoms with van der Waals surface area (Å²) in [5.41, 5.74) is 0.899. The van der Waals surface area contributed by atoms with Gasteiger partial charge in [-0.3, -0.25) is 24.7 Å². The Kier molecular flexibility index (Phi) is 7.40. The summed E-state index contributed by atoms with van der Waals surface area (Å²) in [5.74, 6) is -1.21. The van der Waals surface area contributed by atoms with Gasteiger partial charge in [-0.15, -0.1) is 0 Å². The Hall–Kier alpha value is -4.51. The summed E-state index contributed by atoms with van der Waals surface area (Å²) in [6.45, 7) is -0.697. The number of fused-ring (bicyclic) bond motifs is 1. The molecule has 0 spiro atoms. The lowest BCUT2D eigenvalue weighted by atomic mass is 9.94. The average Bonchev–Trinajstić information content (AvgIpc) is 2.97. The van der Waals surface area contributed by atoms with E-state index in [0.717, 1.165) is 16.4 Å². The molecule has 0 bridgehead atoms. The first kappa shape index (κ1) is 27.1. The van der Waals surface area contributed by atoms with Gasteiger partial charge in [-0.05, 0) is 42.5 Å². The van der Waals surface area contributed by atoms with Gasteiger partial charge in [-0.25, -0.2) is 8.42 Å². The highest BCUT2D eigenvalue weighted by Gasteiger charge is 2.47. The molecule has 4 aromatic rings. The van der Waals surface area contributed by atoms with Gasteiger partial charge < -0.3 is 0 Å². The van der Waals surface area contributed by atoms with E-state index in [1.165, 1.54) is 18.2 Å². The molecule has 0 N–H and O–H groups in total. The number of ketones is 2. The van der Waals surface area contributed by atoms with Crippen LogP contribution in [0.1, 0.15) is 26.3 Å². The number of benzene rings is 4. The van der Waals surface area contributed by atoms with Gasteiger partial charge in [0, 0.05) is 33.8 Å². The van der Waals surface area contributed by atoms with E-state index in [1.54, 1.807) is 72.8 Å². The lowest BCUT2D eigenvalue weighted by molar-refractivity contribution is -0.384. The molecular weight excluding hydrogens is 554 g/mol. The van der Waals surface area contributed by atoms with Crippen molar-refractivity contribution < 1.29 is 22.9 Å². The molecule has 5 rings (SSSR count). The highest BCUT2D eigenvalue weighted by Crippen LogP contribution is 2.34. The summed E-state index contributed by atoms with van der Waals surface area (Å²) in [4.78, 5) is 42.4. The minimum atomic E-state index is -4.36. The number of hydrogen-bond donors (Lipinski definition) is 0. The number of hydrogen-bond acceptors (Lipinski definition) is 7. The van der Waals surface area contributed by atoms with E-state index >= 15 is 0 Å². The third-order valence-corrected chi connectivity index (χ3v) is 8.50. The van der Waals surface area contributed by atoms with Crippen LogP contribution >= 0.6 is 11.6 Å². The number of sulfonamides is 1. The summed E-state index contributed by atoms with van der Waals surface area (Å²) < 4.78 is 28.8. The van der Waals surface area contributed by atoms with Crippen LogP contribution in [0.3, 0.4) is 0 Å². The molecule has 0 saturated carbocycles. The van der Waals surface area contributed by atoms with Gasteiger partial charge in [0.2, 0.25) is 10.0 Å². The Morgan fingerprint density at radius 3 is 2.12 bits per heavy atom. The zero-order chi connectivity index (χ0) is 28.4. The molecule has 0 saturated heterocycles. The van der Waals surface area contributed by atoms with E-state index in [-0.39, 0.29) is 33.0 Å². The molecule has 0 amide bonds. The number of nitro groups is 1. The number of nitrogens with zero attached hydrogens (tertiary/aromatic N) is 3. The average molecular weight is 574 g/mol. The molecular formula is C29H20ClN3O6S. The molecule has 1 heterocycles. The van der Waals surface area contributed by atoms with Crippen LogP contribution in [0.25, 0.3) is 0 Å². The molecule has 9 nitrogen and oxygen atoms in total. The molecule has 0 unspecified atom stereocenters. The molecule has 1 atom stereocenters. The van der Waals surface area contributed by atoms with Crippen LogP contribution in [0.15, 0.2) is 113 Å². The summed E-state index contributed by atoms with van der Waals surface area (Å²) in [5, 5.41) is 11.5. The van der Waals surface area contributed by atoms with Gasteiger partial charge in [-0.1, -0.05) is 60.1 Å². The summed E-state index contributed by atoms with van der Waals surface area (Å²) in [7, 11) is -4.36. The molecule has 0 radical (unpaired) electrons. The first-order valence-electron chi connectivity index (χ1n) is 12.0. The molecule has 1 aliphatic heterocycles. The van der Waals surface area contributed by atoms with Crippen molar-refractivity contribution in [3.8, 4) is 0 Å². The number of carbonyl (C=O) groups is 2. The zero-order valence-corrected chi connectivity index (χ0v) is 22.2. The summed E-state index contributed by atoms with van der Waals surface area (Å²) in [6, 6.07) is 24.2. The Morgan fingerprint density at radius 1 is 0.850 bits per heavy atom. The second-order valence-electron chi connectivity index (χ2n) is 8.88. The Balaban J connectivity index is 1.68. The number of non-ortho nitro benzene ring substituents is 1. The van der Waals surface area contributed by atoms with Crippen molar-refractivity contribution in [1.29, 1.82) is 0 Å². The Labute approximate surface area is 234 Å². The standard InChI is InChI=1S/C29H20ClN3O6S/c30-21-12-14-22(15-13-21)31-27-24-8-4-5-9-26(24)40(38,39)32(28(27)29(35)20-6-2-1-3-7-20)18-25(34)19-10-16-23(17-11-19)33(36)37/h1-17,28H,18H2/t28-/m1/s1. The number of aliphatic imine (C=N–C) groups is 1. The largest absolute Gasteiger partial charge is 0.293 e. The van der Waals surface area contributed by atoms with Gasteiger partial charge in [0.05, 0.1) is 27.8 Å². The molecule has 40 heavy (non-hydrogen) atoms. The number of rotatable bonds is 7. The lowest BCUT2D eigenvalue weighted by Crippen LogP contribution is -2.55. The van der Waals surface area contributed by atoms with Crippen molar-refractivity contribution in [2.24, 2.45) is 4.99 Å². The second kappa shape index (κ2) is 10.9. The van der Waals surface area contributed by atoms with Gasteiger partial charge in [-0.2, -0.15) is 4.31 Å². The molecule has 0 aromatic heterocycles. The first-order chi connectivity index (χ1) is 19.2. The van der Waals surface area contributed by atoms with E-state index in [2.05, 4.69) is 0 Å². The third kappa shape index (κ3) is 5.20. The summed E-state index contributed by atoms with van der Waals surface area (Å²) in [6.07, 6.45) is 0. The maximum Gasteiger partial charge on any atom is 0.269 e. The molecule has 0 fully saturated rings. The quantitative estimate of drug-likeness (QED) is 0.163. The van der Waals surface area contributed by atoms with E-state index in [0.29, 0.717) is 10.7 Å². The smallest absolute Gasteiger partial charge is 0.269 e. The second-order valence-corrected chi connectivity index (χ2v) is 11.2. The van der Waals surface area contributed by atoms with E-state index < -0.39 is 39.1 Å². The van der Waals surface area contributed by atoms with Crippen LogP contribution < -0.4 is 0 Å². The SMILES string of the molecule is O=C(CN1[C@@H](C(=O)c2ccccc2)C(=Nc2ccc(Cl)cc2)c2ccccc2S1(=O)=O)c1ccc([N+](=O)[O-])cc1. The topological polar surface area (TPSA) is 127 Å². The van der Waals surface area contributed by atoms with Crippen molar-refractivity contribution in [2.45, 2.75) is 10.9 Å². The predicted molar refractivity (Wildman–Crippen MR) is 150 cm³/mol. The maximum atomic E-state index is 14.0. The molecule has 0 aliphatic carbocycles. The fourth-order valence-corrected chi connectivity index (χ4v) is 6.26. The van der Waals surface area contributed by atoms with Crippen molar-refractivity contribution in [1.82, 2.24) is 4.31 Å². The van der Waals surface area contributed by atoms with Crippen molar-refractivity contribution in [3.05, 3.63) is 135 Å².